The highest BCUT2D eigenvalue weighted by Gasteiger charge is 2.03. The minimum absolute atomic E-state index is 0.507. The highest BCUT2D eigenvalue weighted by Crippen LogP contribution is 2.10. The average molecular weight is 181 g/mol. The number of aromatic nitrogens is 2. The van der Waals surface area contributed by atoms with Gasteiger partial charge in [0.15, 0.2) is 0 Å². The standard InChI is InChI=1S/C10H19N3/c1-7(2)9-5-12-10(13-9)6-11-8(3)4/h5,7-8,11H,6H2,1-4H3,(H,12,13). The van der Waals surface area contributed by atoms with Crippen molar-refractivity contribution < 1.29 is 0 Å². The Morgan fingerprint density at radius 3 is 2.54 bits per heavy atom. The fourth-order valence-electron chi connectivity index (χ4n) is 1.06. The Kier molecular flexibility index (Phi) is 3.48. The van der Waals surface area contributed by atoms with Gasteiger partial charge in [0, 0.05) is 17.9 Å². The first-order chi connectivity index (χ1) is 6.09. The topological polar surface area (TPSA) is 40.7 Å². The molecule has 0 aliphatic heterocycles. The monoisotopic (exact) mass is 181 g/mol. The van der Waals surface area contributed by atoms with E-state index in [-0.39, 0.29) is 0 Å². The van der Waals surface area contributed by atoms with Crippen LogP contribution in [0, 0.1) is 0 Å². The molecule has 0 saturated carbocycles. The Hall–Kier alpha value is -0.830. The number of H-pyrrole nitrogens is 1. The van der Waals surface area contributed by atoms with Gasteiger partial charge in [-0.05, 0) is 5.92 Å². The molecule has 1 heterocycles. The normalized spacial score (nSPS) is 11.5. The largest absolute Gasteiger partial charge is 0.345 e. The van der Waals surface area contributed by atoms with Crippen LogP contribution in [-0.2, 0) is 6.54 Å². The maximum atomic E-state index is 4.29. The maximum Gasteiger partial charge on any atom is 0.120 e. The molecule has 0 unspecified atom stereocenters. The lowest BCUT2D eigenvalue weighted by Crippen LogP contribution is -2.22. The summed E-state index contributed by atoms with van der Waals surface area (Å²) in [5, 5.41) is 3.32. The van der Waals surface area contributed by atoms with Gasteiger partial charge in [0.2, 0.25) is 0 Å². The number of nitrogens with one attached hydrogen (secondary N) is 2. The second-order valence-corrected chi connectivity index (χ2v) is 3.98. The summed E-state index contributed by atoms with van der Waals surface area (Å²) < 4.78 is 0. The molecule has 1 rings (SSSR count). The Labute approximate surface area is 80.0 Å². The maximum absolute atomic E-state index is 4.29. The van der Waals surface area contributed by atoms with Crippen LogP contribution in [0.3, 0.4) is 0 Å². The van der Waals surface area contributed by atoms with E-state index in [0.717, 1.165) is 12.4 Å². The van der Waals surface area contributed by atoms with Crippen molar-refractivity contribution in [3.05, 3.63) is 17.7 Å². The first-order valence-corrected chi connectivity index (χ1v) is 4.86. The summed E-state index contributed by atoms with van der Waals surface area (Å²) in [5.74, 6) is 1.55. The van der Waals surface area contributed by atoms with E-state index < -0.39 is 0 Å². The molecule has 0 spiro atoms. The highest BCUT2D eigenvalue weighted by atomic mass is 15.0. The van der Waals surface area contributed by atoms with Crippen LogP contribution in [0.2, 0.25) is 0 Å². The molecule has 0 aromatic carbocycles. The second kappa shape index (κ2) is 4.42. The third kappa shape index (κ3) is 3.19. The van der Waals surface area contributed by atoms with E-state index in [4.69, 9.17) is 0 Å². The molecule has 0 amide bonds. The number of nitrogens with zero attached hydrogens (tertiary/aromatic N) is 1. The van der Waals surface area contributed by atoms with E-state index in [1.807, 2.05) is 6.20 Å². The molecule has 13 heavy (non-hydrogen) atoms. The fourth-order valence-corrected chi connectivity index (χ4v) is 1.06. The molecule has 0 bridgehead atoms. The van der Waals surface area contributed by atoms with Crippen LogP contribution in [0.15, 0.2) is 6.20 Å². The van der Waals surface area contributed by atoms with E-state index in [0.29, 0.717) is 12.0 Å². The smallest absolute Gasteiger partial charge is 0.120 e. The summed E-state index contributed by atoms with van der Waals surface area (Å²) in [6.07, 6.45) is 1.92. The molecule has 3 nitrogen and oxygen atoms in total. The summed E-state index contributed by atoms with van der Waals surface area (Å²) in [4.78, 5) is 7.59. The number of imidazole rings is 1. The van der Waals surface area contributed by atoms with Crippen LogP contribution >= 0.6 is 0 Å². The van der Waals surface area contributed by atoms with E-state index >= 15 is 0 Å². The van der Waals surface area contributed by atoms with Gasteiger partial charge in [0.05, 0.1) is 6.54 Å². The second-order valence-electron chi connectivity index (χ2n) is 3.98. The minimum atomic E-state index is 0.507. The van der Waals surface area contributed by atoms with Crippen LogP contribution in [0.25, 0.3) is 0 Å². The molecule has 0 fully saturated rings. The molecule has 1 aromatic heterocycles. The lowest BCUT2D eigenvalue weighted by molar-refractivity contribution is 0.574. The van der Waals surface area contributed by atoms with Crippen LogP contribution < -0.4 is 5.32 Å². The van der Waals surface area contributed by atoms with Crippen molar-refractivity contribution in [1.82, 2.24) is 15.3 Å². The van der Waals surface area contributed by atoms with Crippen molar-refractivity contribution in [2.75, 3.05) is 0 Å². The van der Waals surface area contributed by atoms with Gasteiger partial charge >= 0.3 is 0 Å². The van der Waals surface area contributed by atoms with E-state index in [1.165, 1.54) is 5.69 Å². The molecule has 0 aliphatic rings. The van der Waals surface area contributed by atoms with Crippen LogP contribution in [0.4, 0.5) is 0 Å². The molecular weight excluding hydrogens is 162 g/mol. The number of hydrogen-bond donors (Lipinski definition) is 2. The molecule has 3 heteroatoms. The molecular formula is C10H19N3. The van der Waals surface area contributed by atoms with Gasteiger partial charge in [-0.15, -0.1) is 0 Å². The quantitative estimate of drug-likeness (QED) is 0.746. The van der Waals surface area contributed by atoms with Gasteiger partial charge in [-0.3, -0.25) is 0 Å². The predicted octanol–water partition coefficient (Wildman–Crippen LogP) is 2.03. The van der Waals surface area contributed by atoms with Crippen LogP contribution in [0.5, 0.6) is 0 Å². The average Bonchev–Trinajstić information content (AvgIpc) is 2.48. The van der Waals surface area contributed by atoms with Crippen molar-refractivity contribution in [2.45, 2.75) is 46.2 Å². The third-order valence-corrected chi connectivity index (χ3v) is 1.95. The summed E-state index contributed by atoms with van der Waals surface area (Å²) in [5.41, 5.74) is 1.21. The summed E-state index contributed by atoms with van der Waals surface area (Å²) in [7, 11) is 0. The molecule has 0 atom stereocenters. The van der Waals surface area contributed by atoms with Crippen LogP contribution in [-0.4, -0.2) is 16.0 Å². The minimum Gasteiger partial charge on any atom is -0.345 e. The molecule has 1 aromatic rings. The van der Waals surface area contributed by atoms with Gasteiger partial charge in [-0.25, -0.2) is 4.98 Å². The van der Waals surface area contributed by atoms with Crippen molar-refractivity contribution in [3.63, 3.8) is 0 Å². The van der Waals surface area contributed by atoms with E-state index in [9.17, 15) is 0 Å². The Morgan fingerprint density at radius 2 is 2.08 bits per heavy atom. The molecule has 0 aliphatic carbocycles. The fraction of sp³-hybridized carbons (Fsp3) is 0.700. The van der Waals surface area contributed by atoms with Gasteiger partial charge in [-0.2, -0.15) is 0 Å². The van der Waals surface area contributed by atoms with Crippen molar-refractivity contribution in [2.24, 2.45) is 0 Å². The number of aromatic amines is 1. The van der Waals surface area contributed by atoms with Gasteiger partial charge in [-0.1, -0.05) is 27.7 Å². The van der Waals surface area contributed by atoms with Crippen molar-refractivity contribution >= 4 is 0 Å². The van der Waals surface area contributed by atoms with Gasteiger partial charge < -0.3 is 10.3 Å². The zero-order valence-electron chi connectivity index (χ0n) is 8.89. The van der Waals surface area contributed by atoms with Crippen molar-refractivity contribution in [1.29, 1.82) is 0 Å². The van der Waals surface area contributed by atoms with E-state index in [1.54, 1.807) is 0 Å². The summed E-state index contributed by atoms with van der Waals surface area (Å²) >= 11 is 0. The lowest BCUT2D eigenvalue weighted by atomic mass is 10.2. The molecule has 74 valence electrons. The molecule has 0 saturated heterocycles. The Balaban J connectivity index is 2.49. The van der Waals surface area contributed by atoms with Crippen LogP contribution in [0.1, 0.15) is 45.1 Å². The molecule has 0 radical (unpaired) electrons. The summed E-state index contributed by atoms with van der Waals surface area (Å²) in [6, 6.07) is 0.507. The SMILES string of the molecule is CC(C)NCc1ncc(C(C)C)[nH]1. The number of rotatable bonds is 4. The Morgan fingerprint density at radius 1 is 1.38 bits per heavy atom. The van der Waals surface area contributed by atoms with Gasteiger partial charge in [0.1, 0.15) is 5.82 Å². The summed E-state index contributed by atoms with van der Waals surface area (Å²) in [6.45, 7) is 9.41. The van der Waals surface area contributed by atoms with E-state index in [2.05, 4.69) is 43.0 Å². The first-order valence-electron chi connectivity index (χ1n) is 4.86. The van der Waals surface area contributed by atoms with Gasteiger partial charge in [0.25, 0.3) is 0 Å². The zero-order valence-corrected chi connectivity index (χ0v) is 8.89. The predicted molar refractivity (Wildman–Crippen MR) is 54.7 cm³/mol. The number of hydrogen-bond acceptors (Lipinski definition) is 2. The lowest BCUT2D eigenvalue weighted by Gasteiger charge is -2.05. The zero-order chi connectivity index (χ0) is 9.84. The molecule has 2 N–H and O–H groups in total. The highest BCUT2D eigenvalue weighted by molar-refractivity contribution is 5.05. The Bertz CT molecular complexity index is 250. The van der Waals surface area contributed by atoms with Crippen molar-refractivity contribution in [3.8, 4) is 0 Å². The first kappa shape index (κ1) is 10.3. The third-order valence-electron chi connectivity index (χ3n) is 1.95.